The molecule has 1 aliphatic heterocycles. The van der Waals surface area contributed by atoms with Crippen LogP contribution in [0.2, 0.25) is 0 Å². The molecule has 0 saturated carbocycles. The lowest BCUT2D eigenvalue weighted by Gasteiger charge is -2.29. The Morgan fingerprint density at radius 1 is 1.18 bits per heavy atom. The molecule has 0 radical (unpaired) electrons. The molecule has 34 heavy (non-hydrogen) atoms. The third kappa shape index (κ3) is 5.01. The van der Waals surface area contributed by atoms with Gasteiger partial charge in [-0.2, -0.15) is 0 Å². The largest absolute Gasteiger partial charge is 0.495 e. The maximum absolute atomic E-state index is 12.0. The average Bonchev–Trinajstić information content (AvgIpc) is 3.40. The number of sulfonamides is 1. The van der Waals surface area contributed by atoms with Crippen molar-refractivity contribution in [3.63, 3.8) is 0 Å². The van der Waals surface area contributed by atoms with E-state index in [1.807, 2.05) is 41.4 Å². The van der Waals surface area contributed by atoms with Gasteiger partial charge in [-0.15, -0.1) is 0 Å². The van der Waals surface area contributed by atoms with Gasteiger partial charge in [-0.25, -0.2) is 8.42 Å². The molecule has 0 amide bonds. The van der Waals surface area contributed by atoms with E-state index in [2.05, 4.69) is 25.7 Å². The summed E-state index contributed by atoms with van der Waals surface area (Å²) < 4.78 is 39.2. The van der Waals surface area contributed by atoms with Gasteiger partial charge in [0, 0.05) is 37.4 Å². The van der Waals surface area contributed by atoms with E-state index in [1.54, 1.807) is 25.4 Å². The zero-order valence-electron chi connectivity index (χ0n) is 19.1. The first-order valence-corrected chi connectivity index (χ1v) is 12.9. The van der Waals surface area contributed by atoms with Gasteiger partial charge < -0.3 is 24.3 Å². The summed E-state index contributed by atoms with van der Waals surface area (Å²) in [6, 6.07) is 14.7. The predicted octanol–water partition coefficient (Wildman–Crippen LogP) is 3.09. The molecule has 3 aromatic rings. The topological polar surface area (TPSA) is 97.7 Å². The number of hydrogen-bond acceptors (Lipinski definition) is 6. The Bertz CT molecular complexity index is 1260. The number of rotatable bonds is 9. The number of thiocarbonyl (C=S) groups is 1. The molecule has 1 aromatic carbocycles. The van der Waals surface area contributed by atoms with Crippen molar-refractivity contribution in [1.82, 2.24) is 14.9 Å². The lowest BCUT2D eigenvalue weighted by molar-refractivity contribution is 0.186. The summed E-state index contributed by atoms with van der Waals surface area (Å²) in [4.78, 5) is 6.56. The highest BCUT2D eigenvalue weighted by Crippen LogP contribution is 2.43. The van der Waals surface area contributed by atoms with Gasteiger partial charge in [0.15, 0.2) is 5.11 Å². The van der Waals surface area contributed by atoms with E-state index in [9.17, 15) is 8.42 Å². The maximum atomic E-state index is 12.0. The molecule has 2 atom stereocenters. The SMILES string of the molecule is COCCn1cccc1[C@H]1[C@H](c2ccccn2)NC(=S)N1c1ccc(OC)c(NS(C)(=O)=O)c1. The van der Waals surface area contributed by atoms with Crippen LogP contribution in [0.4, 0.5) is 11.4 Å². The van der Waals surface area contributed by atoms with Crippen LogP contribution < -0.4 is 19.7 Å². The highest BCUT2D eigenvalue weighted by Gasteiger charge is 2.42. The van der Waals surface area contributed by atoms with Crippen molar-refractivity contribution in [2.45, 2.75) is 18.6 Å². The fraction of sp³-hybridized carbons (Fsp3) is 0.304. The van der Waals surface area contributed by atoms with E-state index in [-0.39, 0.29) is 12.1 Å². The first kappa shape index (κ1) is 24.0. The monoisotopic (exact) mass is 501 g/mol. The van der Waals surface area contributed by atoms with Crippen LogP contribution in [0.3, 0.4) is 0 Å². The number of benzene rings is 1. The fourth-order valence-corrected chi connectivity index (χ4v) is 5.05. The molecule has 180 valence electrons. The average molecular weight is 502 g/mol. The fourth-order valence-electron chi connectivity index (χ4n) is 4.15. The maximum Gasteiger partial charge on any atom is 0.229 e. The van der Waals surface area contributed by atoms with Gasteiger partial charge in [0.25, 0.3) is 0 Å². The lowest BCUT2D eigenvalue weighted by Crippen LogP contribution is -2.30. The standard InChI is InChI=1S/C23H27N5O4S2/c1-31-14-13-27-12-6-8-19(27)22-21(17-7-4-5-11-24-17)25-23(33)28(22)16-9-10-20(32-2)18(15-16)26-34(3,29)30/h4-12,15,21-22,26H,13-14H2,1-3H3,(H,25,33)/t21-,22-/m0/s1. The summed E-state index contributed by atoms with van der Waals surface area (Å²) in [5.74, 6) is 0.411. The third-order valence-electron chi connectivity index (χ3n) is 5.56. The van der Waals surface area contributed by atoms with Crippen LogP contribution in [-0.2, 0) is 21.3 Å². The highest BCUT2D eigenvalue weighted by atomic mass is 32.2. The minimum Gasteiger partial charge on any atom is -0.495 e. The van der Waals surface area contributed by atoms with Crippen molar-refractivity contribution in [3.05, 3.63) is 72.3 Å². The summed E-state index contributed by atoms with van der Waals surface area (Å²) in [5.41, 5.74) is 2.92. The van der Waals surface area contributed by atoms with Crippen LogP contribution in [0.25, 0.3) is 0 Å². The van der Waals surface area contributed by atoms with Crippen LogP contribution in [0.5, 0.6) is 5.75 Å². The molecular formula is C23H27N5O4S2. The molecule has 0 bridgehead atoms. The molecular weight excluding hydrogens is 474 g/mol. The Balaban J connectivity index is 1.83. The Morgan fingerprint density at radius 3 is 2.68 bits per heavy atom. The Morgan fingerprint density at radius 2 is 2.00 bits per heavy atom. The molecule has 0 aliphatic carbocycles. The van der Waals surface area contributed by atoms with Gasteiger partial charge in [0.1, 0.15) is 11.8 Å². The second-order valence-corrected chi connectivity index (χ2v) is 10.0. The van der Waals surface area contributed by atoms with E-state index in [1.165, 1.54) is 7.11 Å². The Kier molecular flexibility index (Phi) is 7.05. The van der Waals surface area contributed by atoms with Crippen molar-refractivity contribution < 1.29 is 17.9 Å². The lowest BCUT2D eigenvalue weighted by atomic mass is 10.0. The highest BCUT2D eigenvalue weighted by molar-refractivity contribution is 7.92. The molecule has 9 nitrogen and oxygen atoms in total. The van der Waals surface area contributed by atoms with Gasteiger partial charge in [0.2, 0.25) is 10.0 Å². The zero-order chi connectivity index (χ0) is 24.3. The third-order valence-corrected chi connectivity index (χ3v) is 6.46. The number of methoxy groups -OCH3 is 2. The molecule has 1 aliphatic rings. The molecule has 1 saturated heterocycles. The first-order chi connectivity index (χ1) is 16.3. The van der Waals surface area contributed by atoms with Crippen molar-refractivity contribution in [3.8, 4) is 5.75 Å². The minimum absolute atomic E-state index is 0.224. The second-order valence-electron chi connectivity index (χ2n) is 7.87. The quantitative estimate of drug-likeness (QED) is 0.432. The molecule has 1 fully saturated rings. The van der Waals surface area contributed by atoms with Crippen LogP contribution in [-0.4, -0.2) is 50.2 Å². The number of ether oxygens (including phenoxy) is 2. The molecule has 2 N–H and O–H groups in total. The number of nitrogens with one attached hydrogen (secondary N) is 2. The van der Waals surface area contributed by atoms with E-state index in [0.717, 1.165) is 17.6 Å². The van der Waals surface area contributed by atoms with Gasteiger partial charge in [-0.1, -0.05) is 6.07 Å². The Hall–Kier alpha value is -3.15. The summed E-state index contributed by atoms with van der Waals surface area (Å²) in [6.45, 7) is 1.24. The number of pyridine rings is 1. The number of hydrogen-bond donors (Lipinski definition) is 2. The molecule has 11 heteroatoms. The number of aromatic nitrogens is 2. The van der Waals surface area contributed by atoms with Gasteiger partial charge in [-0.05, 0) is 54.7 Å². The van der Waals surface area contributed by atoms with Gasteiger partial charge in [-0.3, -0.25) is 9.71 Å². The zero-order valence-corrected chi connectivity index (χ0v) is 20.8. The van der Waals surface area contributed by atoms with E-state index >= 15 is 0 Å². The Labute approximate surface area is 204 Å². The van der Waals surface area contributed by atoms with Gasteiger partial charge in [0.05, 0.1) is 37.4 Å². The summed E-state index contributed by atoms with van der Waals surface area (Å²) in [7, 11) is -0.350. The van der Waals surface area contributed by atoms with Crippen LogP contribution >= 0.6 is 12.2 Å². The smallest absolute Gasteiger partial charge is 0.229 e. The van der Waals surface area contributed by atoms with E-state index in [0.29, 0.717) is 35.4 Å². The molecule has 0 spiro atoms. The summed E-state index contributed by atoms with van der Waals surface area (Å²) >= 11 is 5.78. The van der Waals surface area contributed by atoms with Crippen LogP contribution in [0.1, 0.15) is 23.5 Å². The number of anilines is 2. The van der Waals surface area contributed by atoms with Crippen molar-refractivity contribution in [1.29, 1.82) is 0 Å². The molecule has 0 unspecified atom stereocenters. The van der Waals surface area contributed by atoms with Crippen LogP contribution in [0, 0.1) is 0 Å². The van der Waals surface area contributed by atoms with E-state index < -0.39 is 10.0 Å². The predicted molar refractivity (Wildman–Crippen MR) is 136 cm³/mol. The van der Waals surface area contributed by atoms with Gasteiger partial charge >= 0.3 is 0 Å². The second kappa shape index (κ2) is 10.00. The summed E-state index contributed by atoms with van der Waals surface area (Å²) in [6.07, 6.45) is 4.86. The normalized spacial score (nSPS) is 18.1. The van der Waals surface area contributed by atoms with Crippen LogP contribution in [0.15, 0.2) is 60.9 Å². The number of nitrogens with zero attached hydrogens (tertiary/aromatic N) is 3. The van der Waals surface area contributed by atoms with Crippen molar-refractivity contribution in [2.24, 2.45) is 0 Å². The first-order valence-electron chi connectivity index (χ1n) is 10.6. The molecule has 4 rings (SSSR count). The molecule has 2 aromatic heterocycles. The van der Waals surface area contributed by atoms with Crippen molar-refractivity contribution >= 4 is 38.7 Å². The minimum atomic E-state index is -3.52. The molecule has 3 heterocycles. The van der Waals surface area contributed by atoms with Crippen molar-refractivity contribution in [2.75, 3.05) is 36.7 Å². The van der Waals surface area contributed by atoms with E-state index in [4.69, 9.17) is 21.7 Å². The summed E-state index contributed by atoms with van der Waals surface area (Å²) in [5, 5.41) is 3.93.